The number of rotatable bonds is 5. The van der Waals surface area contributed by atoms with Crippen molar-refractivity contribution < 1.29 is 13.2 Å². The van der Waals surface area contributed by atoms with Gasteiger partial charge < -0.3 is 5.32 Å². The van der Waals surface area contributed by atoms with Crippen LogP contribution in [0.3, 0.4) is 0 Å². The number of hydrogen-bond donors (Lipinski definition) is 1. The molecule has 1 aliphatic heterocycles. The zero-order chi connectivity index (χ0) is 15.3. The van der Waals surface area contributed by atoms with Gasteiger partial charge in [-0.05, 0) is 37.1 Å². The lowest BCUT2D eigenvalue weighted by Gasteiger charge is -2.36. The Balaban J connectivity index is 1.89. The first-order chi connectivity index (χ1) is 9.94. The summed E-state index contributed by atoms with van der Waals surface area (Å²) in [5, 5.41) is 3.22. The monoisotopic (exact) mass is 320 g/mol. The predicted molar refractivity (Wildman–Crippen MR) is 78.4 cm³/mol. The predicted octanol–water partition coefficient (Wildman–Crippen LogP) is 3.85. The summed E-state index contributed by atoms with van der Waals surface area (Å²) in [4.78, 5) is 2.25. The second-order valence-electron chi connectivity index (χ2n) is 5.50. The van der Waals surface area contributed by atoms with Gasteiger partial charge in [-0.2, -0.15) is 13.2 Å². The van der Waals surface area contributed by atoms with E-state index in [0.29, 0.717) is 11.6 Å². The molecular weight excluding hydrogens is 301 g/mol. The van der Waals surface area contributed by atoms with Gasteiger partial charge in [-0.15, -0.1) is 0 Å². The lowest BCUT2D eigenvalue weighted by atomic mass is 10.0. The minimum atomic E-state index is -4.15. The first-order valence-corrected chi connectivity index (χ1v) is 7.58. The average Bonchev–Trinajstić information content (AvgIpc) is 2.39. The third-order valence-electron chi connectivity index (χ3n) is 3.73. The molecule has 0 spiro atoms. The van der Waals surface area contributed by atoms with Crippen LogP contribution in [-0.2, 0) is 6.54 Å². The summed E-state index contributed by atoms with van der Waals surface area (Å²) >= 11 is 5.98. The van der Waals surface area contributed by atoms with E-state index < -0.39 is 12.7 Å². The first-order valence-electron chi connectivity index (χ1n) is 7.20. The number of nitrogens with zero attached hydrogens (tertiary/aromatic N) is 1. The van der Waals surface area contributed by atoms with E-state index in [1.54, 1.807) is 0 Å². The number of benzene rings is 1. The van der Waals surface area contributed by atoms with Crippen molar-refractivity contribution in [2.75, 3.05) is 19.6 Å². The van der Waals surface area contributed by atoms with E-state index in [4.69, 9.17) is 11.6 Å². The molecule has 21 heavy (non-hydrogen) atoms. The molecule has 0 radical (unpaired) electrons. The van der Waals surface area contributed by atoms with Gasteiger partial charge in [0.25, 0.3) is 0 Å². The summed E-state index contributed by atoms with van der Waals surface area (Å²) in [6.07, 6.45) is -1.04. The van der Waals surface area contributed by atoms with E-state index in [-0.39, 0.29) is 6.04 Å². The van der Waals surface area contributed by atoms with Crippen molar-refractivity contribution in [3.8, 4) is 0 Å². The van der Waals surface area contributed by atoms with E-state index in [1.165, 1.54) is 0 Å². The number of nitrogens with one attached hydrogen (secondary N) is 1. The molecule has 1 N–H and O–H groups in total. The highest BCUT2D eigenvalue weighted by atomic mass is 35.5. The van der Waals surface area contributed by atoms with E-state index in [9.17, 15) is 13.2 Å². The van der Waals surface area contributed by atoms with Crippen molar-refractivity contribution >= 4 is 11.6 Å². The Bertz CT molecular complexity index is 451. The van der Waals surface area contributed by atoms with Crippen LogP contribution < -0.4 is 5.32 Å². The molecule has 1 aromatic rings. The van der Waals surface area contributed by atoms with Crippen LogP contribution in [0.2, 0.25) is 5.02 Å². The first kappa shape index (κ1) is 16.6. The van der Waals surface area contributed by atoms with Gasteiger partial charge in [0.15, 0.2) is 0 Å². The molecule has 1 atom stereocenters. The molecule has 0 amide bonds. The molecule has 1 saturated heterocycles. The average molecular weight is 321 g/mol. The summed E-state index contributed by atoms with van der Waals surface area (Å²) in [6.45, 7) is 1.11. The summed E-state index contributed by atoms with van der Waals surface area (Å²) in [5.74, 6) is 0. The number of alkyl halides is 3. The minimum absolute atomic E-state index is 0.153. The van der Waals surface area contributed by atoms with Gasteiger partial charge in [-0.3, -0.25) is 4.90 Å². The van der Waals surface area contributed by atoms with E-state index >= 15 is 0 Å². The Morgan fingerprint density at radius 2 is 2.10 bits per heavy atom. The zero-order valence-electron chi connectivity index (χ0n) is 11.8. The van der Waals surface area contributed by atoms with Crippen LogP contribution in [0.4, 0.5) is 13.2 Å². The van der Waals surface area contributed by atoms with Gasteiger partial charge in [0, 0.05) is 24.2 Å². The molecule has 2 rings (SSSR count). The normalized spacial score (nSPS) is 20.7. The lowest BCUT2D eigenvalue weighted by molar-refractivity contribution is -0.125. The molecule has 1 aromatic carbocycles. The molecular formula is C15H20ClF3N2. The van der Waals surface area contributed by atoms with Crippen molar-refractivity contribution in [3.05, 3.63) is 34.9 Å². The Hall–Kier alpha value is -0.780. The largest absolute Gasteiger partial charge is 0.401 e. The van der Waals surface area contributed by atoms with Crippen LogP contribution in [0, 0.1) is 0 Å². The van der Waals surface area contributed by atoms with Crippen molar-refractivity contribution in [3.63, 3.8) is 0 Å². The number of halogens is 4. The van der Waals surface area contributed by atoms with Crippen LogP contribution in [0.25, 0.3) is 0 Å². The van der Waals surface area contributed by atoms with Crippen molar-refractivity contribution in [1.82, 2.24) is 10.2 Å². The van der Waals surface area contributed by atoms with Crippen LogP contribution in [0.15, 0.2) is 24.3 Å². The third-order valence-corrected chi connectivity index (χ3v) is 3.96. The summed E-state index contributed by atoms with van der Waals surface area (Å²) in [7, 11) is 0. The highest BCUT2D eigenvalue weighted by Gasteiger charge is 2.28. The van der Waals surface area contributed by atoms with Crippen LogP contribution >= 0.6 is 11.6 Å². The molecule has 1 heterocycles. The molecule has 0 aliphatic carbocycles. The van der Waals surface area contributed by atoms with Gasteiger partial charge in [0.05, 0.1) is 6.54 Å². The van der Waals surface area contributed by atoms with Crippen molar-refractivity contribution in [2.45, 2.75) is 38.0 Å². The smallest absolute Gasteiger partial charge is 0.307 e. The molecule has 0 aromatic heterocycles. The topological polar surface area (TPSA) is 15.3 Å². The summed E-state index contributed by atoms with van der Waals surface area (Å²) in [5.41, 5.74) is 1.10. The molecule has 0 bridgehead atoms. The highest BCUT2D eigenvalue weighted by Crippen LogP contribution is 2.21. The maximum Gasteiger partial charge on any atom is 0.401 e. The molecule has 1 unspecified atom stereocenters. The Morgan fingerprint density at radius 1 is 1.29 bits per heavy atom. The van der Waals surface area contributed by atoms with Gasteiger partial charge in [0.1, 0.15) is 0 Å². The molecule has 1 fully saturated rings. The van der Waals surface area contributed by atoms with Gasteiger partial charge in [-0.1, -0.05) is 30.2 Å². The van der Waals surface area contributed by atoms with Crippen molar-refractivity contribution in [1.29, 1.82) is 0 Å². The number of piperidine rings is 1. The zero-order valence-corrected chi connectivity index (χ0v) is 12.6. The fourth-order valence-electron chi connectivity index (χ4n) is 2.75. The standard InChI is InChI=1S/C15H20ClF3N2/c16-13-5-3-4-12(8-13)10-21-7-2-1-6-14(21)9-20-11-15(17,18)19/h3-5,8,14,20H,1-2,6-7,9-11H2. The van der Waals surface area contributed by atoms with Crippen LogP contribution in [0.1, 0.15) is 24.8 Å². The van der Waals surface area contributed by atoms with E-state index in [0.717, 1.165) is 37.9 Å². The maximum absolute atomic E-state index is 12.2. The van der Waals surface area contributed by atoms with Crippen molar-refractivity contribution in [2.24, 2.45) is 0 Å². The maximum atomic E-state index is 12.2. The Morgan fingerprint density at radius 3 is 2.81 bits per heavy atom. The Labute approximate surface area is 128 Å². The quantitative estimate of drug-likeness (QED) is 0.886. The van der Waals surface area contributed by atoms with Crippen LogP contribution in [-0.4, -0.2) is 36.8 Å². The second-order valence-corrected chi connectivity index (χ2v) is 5.93. The lowest BCUT2D eigenvalue weighted by Crippen LogP contribution is -2.46. The van der Waals surface area contributed by atoms with Crippen LogP contribution in [0.5, 0.6) is 0 Å². The second kappa shape index (κ2) is 7.47. The van der Waals surface area contributed by atoms with E-state index in [1.807, 2.05) is 24.3 Å². The molecule has 6 heteroatoms. The highest BCUT2D eigenvalue weighted by molar-refractivity contribution is 6.30. The SMILES string of the molecule is FC(F)(F)CNCC1CCCCN1Cc1cccc(Cl)c1. The summed E-state index contributed by atoms with van der Waals surface area (Å²) in [6, 6.07) is 7.79. The number of hydrogen-bond acceptors (Lipinski definition) is 2. The molecule has 118 valence electrons. The molecule has 1 aliphatic rings. The third kappa shape index (κ3) is 5.85. The fraction of sp³-hybridized carbons (Fsp3) is 0.600. The Kier molecular flexibility index (Phi) is 5.90. The van der Waals surface area contributed by atoms with Gasteiger partial charge in [-0.25, -0.2) is 0 Å². The van der Waals surface area contributed by atoms with Gasteiger partial charge in [0.2, 0.25) is 0 Å². The number of likely N-dealkylation sites (tertiary alicyclic amines) is 1. The molecule has 0 saturated carbocycles. The van der Waals surface area contributed by atoms with E-state index in [2.05, 4.69) is 10.2 Å². The van der Waals surface area contributed by atoms with Gasteiger partial charge >= 0.3 is 6.18 Å². The molecule has 2 nitrogen and oxygen atoms in total. The fourth-order valence-corrected chi connectivity index (χ4v) is 2.96. The minimum Gasteiger partial charge on any atom is -0.307 e. The summed E-state index contributed by atoms with van der Waals surface area (Å²) < 4.78 is 36.6.